The van der Waals surface area contributed by atoms with Crippen LogP contribution in [0.1, 0.15) is 38.2 Å². The van der Waals surface area contributed by atoms with Crippen LogP contribution in [0.4, 0.5) is 5.69 Å². The van der Waals surface area contributed by atoms with E-state index in [-0.39, 0.29) is 34.1 Å². The second-order valence-electron chi connectivity index (χ2n) is 9.92. The summed E-state index contributed by atoms with van der Waals surface area (Å²) in [5.41, 5.74) is 0.807. The lowest BCUT2D eigenvalue weighted by Crippen LogP contribution is -2.52. The number of hydrogen-bond donors (Lipinski definition) is 1. The molecule has 3 aromatic carbocycles. The molecular weight excluding hydrogens is 585 g/mol. The largest absolute Gasteiger partial charge is 0.495 e. The number of carbonyl (C=O) groups is 2. The molecule has 1 fully saturated rings. The SMILES string of the molecule is COc1ccc(N(CC(=O)N(Cc2ccccc2Cl)[C@H](C)C(=O)NC2CCCC2)S(=O)(=O)c2ccccc2)cc1Cl. The fourth-order valence-corrected chi connectivity index (χ4v) is 6.72. The Morgan fingerprint density at radius 2 is 1.63 bits per heavy atom. The van der Waals surface area contributed by atoms with Gasteiger partial charge in [0, 0.05) is 17.6 Å². The monoisotopic (exact) mass is 617 g/mol. The van der Waals surface area contributed by atoms with Gasteiger partial charge in [-0.3, -0.25) is 13.9 Å². The number of ether oxygens (including phenoxy) is 1. The highest BCUT2D eigenvalue weighted by atomic mass is 35.5. The second kappa shape index (κ2) is 13.6. The van der Waals surface area contributed by atoms with Crippen molar-refractivity contribution in [3.05, 3.63) is 88.4 Å². The fraction of sp³-hybridized carbons (Fsp3) is 0.333. The second-order valence-corrected chi connectivity index (χ2v) is 12.6. The molecule has 0 aliphatic heterocycles. The van der Waals surface area contributed by atoms with Gasteiger partial charge in [-0.1, -0.05) is 72.4 Å². The minimum absolute atomic E-state index is 0.00409. The van der Waals surface area contributed by atoms with Crippen LogP contribution in [0.25, 0.3) is 0 Å². The Labute approximate surface area is 251 Å². The molecule has 8 nitrogen and oxygen atoms in total. The molecule has 4 rings (SSSR count). The molecule has 1 saturated carbocycles. The first kappa shape index (κ1) is 30.7. The molecule has 41 heavy (non-hydrogen) atoms. The van der Waals surface area contributed by atoms with Gasteiger partial charge in [0.2, 0.25) is 11.8 Å². The maximum atomic E-state index is 14.1. The summed E-state index contributed by atoms with van der Waals surface area (Å²) in [5, 5.41) is 3.66. The lowest BCUT2D eigenvalue weighted by atomic mass is 10.1. The van der Waals surface area contributed by atoms with Crippen molar-refractivity contribution >= 4 is 50.7 Å². The molecule has 0 spiro atoms. The van der Waals surface area contributed by atoms with Crippen molar-refractivity contribution in [1.82, 2.24) is 10.2 Å². The number of sulfonamides is 1. The quantitative estimate of drug-likeness (QED) is 0.299. The summed E-state index contributed by atoms with van der Waals surface area (Å²) in [6, 6.07) is 18.5. The maximum absolute atomic E-state index is 14.1. The number of halogens is 2. The van der Waals surface area contributed by atoms with E-state index in [0.29, 0.717) is 16.3 Å². The Balaban J connectivity index is 1.71. The van der Waals surface area contributed by atoms with Crippen LogP contribution in [0.2, 0.25) is 10.0 Å². The Kier molecular flexibility index (Phi) is 10.2. The predicted molar refractivity (Wildman–Crippen MR) is 161 cm³/mol. The zero-order valence-electron chi connectivity index (χ0n) is 22.9. The minimum Gasteiger partial charge on any atom is -0.495 e. The van der Waals surface area contributed by atoms with E-state index in [1.807, 2.05) is 0 Å². The number of nitrogens with one attached hydrogen (secondary N) is 1. The third-order valence-electron chi connectivity index (χ3n) is 7.20. The van der Waals surface area contributed by atoms with Crippen LogP contribution in [-0.2, 0) is 26.2 Å². The number of nitrogens with zero attached hydrogens (tertiary/aromatic N) is 2. The summed E-state index contributed by atoms with van der Waals surface area (Å²) in [6.45, 7) is 1.07. The molecule has 0 aromatic heterocycles. The third-order valence-corrected chi connectivity index (χ3v) is 9.65. The van der Waals surface area contributed by atoms with Gasteiger partial charge in [-0.25, -0.2) is 8.42 Å². The van der Waals surface area contributed by atoms with Crippen molar-refractivity contribution in [2.75, 3.05) is 18.0 Å². The maximum Gasteiger partial charge on any atom is 0.264 e. The van der Waals surface area contributed by atoms with Gasteiger partial charge < -0.3 is 15.0 Å². The van der Waals surface area contributed by atoms with E-state index in [1.165, 1.54) is 42.3 Å². The number of benzene rings is 3. The molecule has 1 atom stereocenters. The van der Waals surface area contributed by atoms with Gasteiger partial charge in [-0.2, -0.15) is 0 Å². The summed E-state index contributed by atoms with van der Waals surface area (Å²) < 4.78 is 34.0. The van der Waals surface area contributed by atoms with E-state index >= 15 is 0 Å². The van der Waals surface area contributed by atoms with E-state index in [0.717, 1.165) is 30.0 Å². The number of methoxy groups -OCH3 is 1. The molecule has 11 heteroatoms. The van der Waals surface area contributed by atoms with Gasteiger partial charge in [0.05, 0.1) is 22.7 Å². The Hall–Kier alpha value is -3.27. The predicted octanol–water partition coefficient (Wildman–Crippen LogP) is 5.67. The van der Waals surface area contributed by atoms with Gasteiger partial charge in [0.15, 0.2) is 0 Å². The van der Waals surface area contributed by atoms with Crippen molar-refractivity contribution in [2.45, 2.75) is 56.1 Å². The topological polar surface area (TPSA) is 96.0 Å². The van der Waals surface area contributed by atoms with Gasteiger partial charge >= 0.3 is 0 Å². The highest BCUT2D eigenvalue weighted by molar-refractivity contribution is 7.92. The van der Waals surface area contributed by atoms with E-state index in [1.54, 1.807) is 49.4 Å². The van der Waals surface area contributed by atoms with Crippen molar-refractivity contribution in [2.24, 2.45) is 0 Å². The first-order chi connectivity index (χ1) is 19.6. The number of rotatable bonds is 11. The average Bonchev–Trinajstić information content (AvgIpc) is 3.48. The first-order valence-corrected chi connectivity index (χ1v) is 15.6. The third kappa shape index (κ3) is 7.33. The Morgan fingerprint density at radius 1 is 0.976 bits per heavy atom. The van der Waals surface area contributed by atoms with Crippen LogP contribution >= 0.6 is 23.2 Å². The average molecular weight is 619 g/mol. The Morgan fingerprint density at radius 3 is 2.27 bits per heavy atom. The summed E-state index contributed by atoms with van der Waals surface area (Å²) in [5.74, 6) is -0.524. The highest BCUT2D eigenvalue weighted by Gasteiger charge is 2.33. The smallest absolute Gasteiger partial charge is 0.264 e. The Bertz CT molecular complexity index is 1480. The number of amides is 2. The molecule has 1 aliphatic rings. The van der Waals surface area contributed by atoms with E-state index in [2.05, 4.69) is 5.32 Å². The molecule has 0 bridgehead atoms. The summed E-state index contributed by atoms with van der Waals surface area (Å²) in [4.78, 5) is 28.7. The van der Waals surface area contributed by atoms with E-state index in [9.17, 15) is 18.0 Å². The van der Waals surface area contributed by atoms with Gasteiger partial charge in [-0.05, 0) is 61.7 Å². The summed E-state index contributed by atoms with van der Waals surface area (Å²) in [7, 11) is -2.75. The van der Waals surface area contributed by atoms with Crippen LogP contribution in [-0.4, -0.2) is 50.9 Å². The van der Waals surface area contributed by atoms with Crippen molar-refractivity contribution < 1.29 is 22.7 Å². The van der Waals surface area contributed by atoms with Gasteiger partial charge in [0.1, 0.15) is 18.3 Å². The molecule has 3 aromatic rings. The minimum atomic E-state index is -4.20. The molecule has 1 aliphatic carbocycles. The van der Waals surface area contributed by atoms with Crippen LogP contribution in [0.15, 0.2) is 77.7 Å². The number of hydrogen-bond acceptors (Lipinski definition) is 5. The van der Waals surface area contributed by atoms with Crippen LogP contribution < -0.4 is 14.4 Å². The molecule has 218 valence electrons. The van der Waals surface area contributed by atoms with Crippen molar-refractivity contribution in [3.8, 4) is 5.75 Å². The van der Waals surface area contributed by atoms with Crippen LogP contribution in [0.3, 0.4) is 0 Å². The summed E-state index contributed by atoms with van der Waals surface area (Å²) in [6.07, 6.45) is 3.85. The zero-order chi connectivity index (χ0) is 29.6. The number of anilines is 1. The standard InChI is InChI=1S/C30H33Cl2N3O5S/c1-21(30(37)33-23-11-7-8-12-23)34(19-22-10-6-9-15-26(22)31)29(36)20-35(24-16-17-28(40-2)27(32)18-24)41(38,39)25-13-4-3-5-14-25/h3-6,9-10,13-18,21,23H,7-8,11-12,19-20H2,1-2H3,(H,33,37)/t21-/m1/s1. The fourth-order valence-electron chi connectivity index (χ4n) is 4.84. The van der Waals surface area contributed by atoms with Gasteiger partial charge in [-0.15, -0.1) is 0 Å². The first-order valence-electron chi connectivity index (χ1n) is 13.4. The van der Waals surface area contributed by atoms with Crippen molar-refractivity contribution in [1.29, 1.82) is 0 Å². The lowest BCUT2D eigenvalue weighted by Gasteiger charge is -2.32. The van der Waals surface area contributed by atoms with Crippen LogP contribution in [0.5, 0.6) is 5.75 Å². The molecule has 0 saturated heterocycles. The molecule has 0 radical (unpaired) electrons. The van der Waals surface area contributed by atoms with Gasteiger partial charge in [0.25, 0.3) is 10.0 Å². The number of carbonyl (C=O) groups excluding carboxylic acids is 2. The summed E-state index contributed by atoms with van der Waals surface area (Å²) >= 11 is 12.8. The molecule has 0 unspecified atom stereocenters. The zero-order valence-corrected chi connectivity index (χ0v) is 25.3. The van der Waals surface area contributed by atoms with E-state index in [4.69, 9.17) is 27.9 Å². The highest BCUT2D eigenvalue weighted by Crippen LogP contribution is 2.32. The molecule has 0 heterocycles. The van der Waals surface area contributed by atoms with E-state index < -0.39 is 28.5 Å². The molecule has 1 N–H and O–H groups in total. The van der Waals surface area contributed by atoms with Crippen LogP contribution in [0, 0.1) is 0 Å². The normalized spacial score (nSPS) is 14.3. The molecular formula is C30H33Cl2N3O5S. The van der Waals surface area contributed by atoms with Crippen molar-refractivity contribution in [3.63, 3.8) is 0 Å². The molecule has 2 amide bonds. The lowest BCUT2D eigenvalue weighted by molar-refractivity contribution is -0.139.